The van der Waals surface area contributed by atoms with Gasteiger partial charge in [-0.05, 0) is 42.3 Å². The third-order valence-electron chi connectivity index (χ3n) is 4.82. The zero-order chi connectivity index (χ0) is 22.6. The van der Waals surface area contributed by atoms with E-state index in [-0.39, 0.29) is 11.8 Å². The van der Waals surface area contributed by atoms with E-state index < -0.39 is 0 Å². The molecule has 6 heteroatoms. The lowest BCUT2D eigenvalue weighted by Gasteiger charge is -2.12. The molecule has 3 aromatic rings. The normalized spacial score (nSPS) is 10.4. The highest BCUT2D eigenvalue weighted by molar-refractivity contribution is 6.06. The van der Waals surface area contributed by atoms with Crippen LogP contribution in [0.2, 0.25) is 0 Å². The summed E-state index contributed by atoms with van der Waals surface area (Å²) in [5.74, 6) is 0.0350. The number of nitrogens with one attached hydrogen (secondary N) is 2. The minimum Gasteiger partial charge on any atom is -0.492 e. The maximum Gasteiger partial charge on any atom is 0.259 e. The van der Waals surface area contributed by atoms with Crippen LogP contribution in [-0.4, -0.2) is 38.7 Å². The highest BCUT2D eigenvalue weighted by atomic mass is 16.5. The Morgan fingerprint density at radius 3 is 2.44 bits per heavy atom. The molecule has 166 valence electrons. The van der Waals surface area contributed by atoms with Crippen LogP contribution in [0.15, 0.2) is 78.9 Å². The summed E-state index contributed by atoms with van der Waals surface area (Å²) in [5, 5.41) is 5.70. The van der Waals surface area contributed by atoms with E-state index in [1.165, 1.54) is 5.56 Å². The van der Waals surface area contributed by atoms with Crippen LogP contribution in [0.25, 0.3) is 0 Å². The van der Waals surface area contributed by atoms with E-state index in [4.69, 9.17) is 9.47 Å². The quantitative estimate of drug-likeness (QED) is 0.442. The predicted molar refractivity (Wildman–Crippen MR) is 125 cm³/mol. The number of ether oxygens (including phenoxy) is 2. The summed E-state index contributed by atoms with van der Waals surface area (Å²) >= 11 is 0. The van der Waals surface area contributed by atoms with Gasteiger partial charge in [0, 0.05) is 37.9 Å². The van der Waals surface area contributed by atoms with Crippen LogP contribution in [0.4, 0.5) is 5.69 Å². The third kappa shape index (κ3) is 6.96. The fourth-order valence-corrected chi connectivity index (χ4v) is 3.16. The van der Waals surface area contributed by atoms with Crippen molar-refractivity contribution in [1.29, 1.82) is 0 Å². The molecule has 0 saturated heterocycles. The van der Waals surface area contributed by atoms with Crippen molar-refractivity contribution in [3.63, 3.8) is 0 Å². The van der Waals surface area contributed by atoms with Crippen molar-refractivity contribution in [2.24, 2.45) is 0 Å². The van der Waals surface area contributed by atoms with Crippen molar-refractivity contribution >= 4 is 17.5 Å². The Balaban J connectivity index is 1.60. The summed E-state index contributed by atoms with van der Waals surface area (Å²) in [6.07, 6.45) is 1.48. The molecule has 0 aliphatic carbocycles. The van der Waals surface area contributed by atoms with Crippen LogP contribution < -0.4 is 15.4 Å². The lowest BCUT2D eigenvalue weighted by atomic mass is 10.1. The Morgan fingerprint density at radius 1 is 0.844 bits per heavy atom. The van der Waals surface area contributed by atoms with E-state index in [2.05, 4.69) is 10.6 Å². The van der Waals surface area contributed by atoms with Crippen molar-refractivity contribution in [2.75, 3.05) is 32.2 Å². The first-order valence-electron chi connectivity index (χ1n) is 10.6. The number of carbonyl (C=O) groups is 2. The van der Waals surface area contributed by atoms with Crippen molar-refractivity contribution in [3.05, 3.63) is 95.6 Å². The molecule has 0 spiro atoms. The third-order valence-corrected chi connectivity index (χ3v) is 4.82. The Labute approximate surface area is 188 Å². The second-order valence-corrected chi connectivity index (χ2v) is 7.22. The van der Waals surface area contributed by atoms with Gasteiger partial charge in [-0.2, -0.15) is 0 Å². The summed E-state index contributed by atoms with van der Waals surface area (Å²) < 4.78 is 10.9. The molecule has 2 N–H and O–H groups in total. The average Bonchev–Trinajstić information content (AvgIpc) is 2.83. The van der Waals surface area contributed by atoms with E-state index in [9.17, 15) is 9.59 Å². The largest absolute Gasteiger partial charge is 0.492 e. The molecule has 3 rings (SSSR count). The monoisotopic (exact) mass is 432 g/mol. The summed E-state index contributed by atoms with van der Waals surface area (Å²) in [5.41, 5.74) is 2.63. The van der Waals surface area contributed by atoms with E-state index in [0.29, 0.717) is 42.3 Å². The van der Waals surface area contributed by atoms with Crippen molar-refractivity contribution in [2.45, 2.75) is 12.8 Å². The summed E-state index contributed by atoms with van der Waals surface area (Å²) in [4.78, 5) is 25.2. The Morgan fingerprint density at radius 2 is 1.62 bits per heavy atom. The molecule has 0 bridgehead atoms. The number of carbonyl (C=O) groups excluding carboxylic acids is 2. The number of anilines is 1. The minimum atomic E-state index is -0.294. The molecular weight excluding hydrogens is 404 g/mol. The summed E-state index contributed by atoms with van der Waals surface area (Å²) in [6.45, 7) is 1.58. The smallest absolute Gasteiger partial charge is 0.259 e. The number of amides is 2. The lowest BCUT2D eigenvalue weighted by Crippen LogP contribution is -2.25. The summed E-state index contributed by atoms with van der Waals surface area (Å²) in [6, 6.07) is 24.0. The van der Waals surface area contributed by atoms with E-state index in [0.717, 1.165) is 12.8 Å². The van der Waals surface area contributed by atoms with E-state index >= 15 is 0 Å². The number of methoxy groups -OCH3 is 1. The zero-order valence-electron chi connectivity index (χ0n) is 18.2. The fourth-order valence-electron chi connectivity index (χ4n) is 3.16. The van der Waals surface area contributed by atoms with Gasteiger partial charge in [-0.15, -0.1) is 0 Å². The van der Waals surface area contributed by atoms with Crippen LogP contribution in [0.1, 0.15) is 32.7 Å². The maximum atomic E-state index is 12.9. The van der Waals surface area contributed by atoms with Gasteiger partial charge in [-0.1, -0.05) is 48.5 Å². The Bertz CT molecular complexity index is 1020. The van der Waals surface area contributed by atoms with Gasteiger partial charge in [0.25, 0.3) is 11.8 Å². The number of hydrogen-bond acceptors (Lipinski definition) is 4. The number of rotatable bonds is 11. The fraction of sp³-hybridized carbons (Fsp3) is 0.231. The van der Waals surface area contributed by atoms with Gasteiger partial charge >= 0.3 is 0 Å². The first-order chi connectivity index (χ1) is 15.7. The number of para-hydroxylation sites is 1. The molecule has 0 atom stereocenters. The van der Waals surface area contributed by atoms with Gasteiger partial charge in [-0.25, -0.2) is 0 Å². The SMILES string of the molecule is COCCCNC(=O)c1cccc(NC(=O)c2ccccc2OCCc2ccccc2)c1. The van der Waals surface area contributed by atoms with Crippen molar-refractivity contribution in [1.82, 2.24) is 5.32 Å². The number of benzene rings is 3. The molecular formula is C26H28N2O4. The topological polar surface area (TPSA) is 76.7 Å². The van der Waals surface area contributed by atoms with Crippen molar-refractivity contribution < 1.29 is 19.1 Å². The van der Waals surface area contributed by atoms with E-state index in [1.54, 1.807) is 49.6 Å². The number of hydrogen-bond donors (Lipinski definition) is 2. The van der Waals surface area contributed by atoms with Gasteiger partial charge in [0.1, 0.15) is 5.75 Å². The Kier molecular flexibility index (Phi) is 8.83. The van der Waals surface area contributed by atoms with Gasteiger partial charge in [-0.3, -0.25) is 9.59 Å². The maximum absolute atomic E-state index is 12.9. The lowest BCUT2D eigenvalue weighted by molar-refractivity contribution is 0.0947. The molecule has 2 amide bonds. The van der Waals surface area contributed by atoms with Crippen LogP contribution in [0, 0.1) is 0 Å². The molecule has 32 heavy (non-hydrogen) atoms. The van der Waals surface area contributed by atoms with Crippen molar-refractivity contribution in [3.8, 4) is 5.75 Å². The molecule has 0 aromatic heterocycles. The van der Waals surface area contributed by atoms with Crippen LogP contribution in [-0.2, 0) is 11.2 Å². The molecule has 0 aliphatic heterocycles. The molecule has 0 unspecified atom stereocenters. The van der Waals surface area contributed by atoms with Crippen LogP contribution in [0.5, 0.6) is 5.75 Å². The van der Waals surface area contributed by atoms with Crippen LogP contribution in [0.3, 0.4) is 0 Å². The molecule has 0 aliphatic rings. The molecule has 0 radical (unpaired) electrons. The highest BCUT2D eigenvalue weighted by Crippen LogP contribution is 2.20. The summed E-state index contributed by atoms with van der Waals surface area (Å²) in [7, 11) is 1.63. The molecule has 0 fully saturated rings. The molecule has 6 nitrogen and oxygen atoms in total. The van der Waals surface area contributed by atoms with Gasteiger partial charge in [0.05, 0.1) is 12.2 Å². The predicted octanol–water partition coefficient (Wildman–Crippen LogP) is 4.33. The molecule has 0 heterocycles. The molecule has 0 saturated carbocycles. The first kappa shape index (κ1) is 23.0. The van der Waals surface area contributed by atoms with Gasteiger partial charge in [0.15, 0.2) is 0 Å². The average molecular weight is 433 g/mol. The second-order valence-electron chi connectivity index (χ2n) is 7.22. The highest BCUT2D eigenvalue weighted by Gasteiger charge is 2.13. The van der Waals surface area contributed by atoms with Gasteiger partial charge < -0.3 is 20.1 Å². The first-order valence-corrected chi connectivity index (χ1v) is 10.6. The zero-order valence-corrected chi connectivity index (χ0v) is 18.2. The van der Waals surface area contributed by atoms with E-state index in [1.807, 2.05) is 36.4 Å². The minimum absolute atomic E-state index is 0.193. The molecule has 3 aromatic carbocycles. The second kappa shape index (κ2) is 12.3. The van der Waals surface area contributed by atoms with Crippen LogP contribution >= 0.6 is 0 Å². The van der Waals surface area contributed by atoms with Gasteiger partial charge in [0.2, 0.25) is 0 Å². The standard InChI is InChI=1S/C26H28N2O4/c1-31-17-8-16-27-25(29)21-11-7-12-22(19-21)28-26(30)23-13-5-6-14-24(23)32-18-15-20-9-3-2-4-10-20/h2-7,9-14,19H,8,15-18H2,1H3,(H,27,29)(H,28,30). The Hall–Kier alpha value is -3.64.